The number of nitrogens with zero attached hydrogens (tertiary/aromatic N) is 2. The molecule has 1 atom stereocenters. The molecule has 1 unspecified atom stereocenters. The van der Waals surface area contributed by atoms with Gasteiger partial charge in [-0.1, -0.05) is 18.0 Å². The number of nitrogens with one attached hydrogen (secondary N) is 2. The van der Waals surface area contributed by atoms with Gasteiger partial charge in [-0.25, -0.2) is 0 Å². The summed E-state index contributed by atoms with van der Waals surface area (Å²) >= 11 is 8.16. The number of thioether (sulfide) groups is 1. The summed E-state index contributed by atoms with van der Waals surface area (Å²) in [5, 5.41) is 3.27. The number of piperidine rings is 1. The fourth-order valence-electron chi connectivity index (χ4n) is 7.31. The first-order valence-corrected chi connectivity index (χ1v) is 17.0. The Morgan fingerprint density at radius 1 is 1.05 bits per heavy atom. The van der Waals surface area contributed by atoms with Crippen LogP contribution in [0, 0.1) is 19.8 Å². The smallest absolute Gasteiger partial charge is 0.254 e. The lowest BCUT2D eigenvalue weighted by atomic mass is 9.79. The molecule has 42 heavy (non-hydrogen) atoms. The van der Waals surface area contributed by atoms with Gasteiger partial charge in [0.15, 0.2) is 11.5 Å². The van der Waals surface area contributed by atoms with Gasteiger partial charge in [-0.15, -0.1) is 11.8 Å². The number of hydrogen-bond acceptors (Lipinski definition) is 7. The monoisotopic (exact) mass is 614 g/mol. The number of halogens is 1. The third kappa shape index (κ3) is 5.70. The minimum Gasteiger partial charge on any atom is -0.448 e. The Morgan fingerprint density at radius 2 is 1.74 bits per heavy atom. The Hall–Kier alpha value is -2.20. The zero-order valence-corrected chi connectivity index (χ0v) is 26.8. The van der Waals surface area contributed by atoms with Crippen molar-refractivity contribution >= 4 is 29.3 Å². The van der Waals surface area contributed by atoms with Crippen molar-refractivity contribution in [2.75, 3.05) is 32.4 Å². The molecule has 1 aromatic heterocycles. The summed E-state index contributed by atoms with van der Waals surface area (Å²) < 4.78 is 13.0. The predicted molar refractivity (Wildman–Crippen MR) is 167 cm³/mol. The van der Waals surface area contributed by atoms with Gasteiger partial charge in [-0.2, -0.15) is 0 Å². The average Bonchev–Trinajstić information content (AvgIpc) is 3.34. The number of hydrogen-bond donors (Lipinski definition) is 2. The van der Waals surface area contributed by atoms with Crippen LogP contribution < -0.4 is 20.3 Å². The molecule has 1 amide bonds. The van der Waals surface area contributed by atoms with Crippen LogP contribution in [0.3, 0.4) is 0 Å². The maximum absolute atomic E-state index is 13.3. The molecule has 10 heteroatoms. The van der Waals surface area contributed by atoms with Crippen molar-refractivity contribution in [2.24, 2.45) is 5.92 Å². The van der Waals surface area contributed by atoms with E-state index in [1.54, 1.807) is 6.07 Å². The molecule has 2 aromatic rings. The highest BCUT2D eigenvalue weighted by molar-refractivity contribution is 7.98. The Balaban J connectivity index is 1.08. The minimum absolute atomic E-state index is 0.118. The number of H-pyrrole nitrogens is 1. The number of fused-ring (bicyclic) bond motifs is 1. The van der Waals surface area contributed by atoms with E-state index in [-0.39, 0.29) is 23.9 Å². The summed E-state index contributed by atoms with van der Waals surface area (Å²) in [6.45, 7) is 10.8. The van der Waals surface area contributed by atoms with E-state index in [9.17, 15) is 9.59 Å². The summed E-state index contributed by atoms with van der Waals surface area (Å²) in [6.07, 6.45) is 10.4. The first-order chi connectivity index (χ1) is 20.2. The van der Waals surface area contributed by atoms with Crippen LogP contribution in [0.25, 0.3) is 0 Å². The average molecular weight is 615 g/mol. The fraction of sp³-hybridized carbons (Fsp3) is 0.625. The topological polar surface area (TPSA) is 86.9 Å². The van der Waals surface area contributed by atoms with Gasteiger partial charge in [-0.3, -0.25) is 19.4 Å². The van der Waals surface area contributed by atoms with E-state index >= 15 is 0 Å². The van der Waals surface area contributed by atoms with Gasteiger partial charge >= 0.3 is 0 Å². The standard InChI is InChI=1S/C32H43ClN4O4S/c1-19-14-27(42-4)25(31(39)35-19)16-34-30(38)24-15-26(33)29-28(20(24)2)40-32(3,41-29)21-8-10-22(11-9-21)37-17-23(18-37)36-12-6-5-7-13-36/h14-15,21-23H,5-13,16-18H2,1-4H3,(H,34,38)(H,35,39). The second-order valence-corrected chi connectivity index (χ2v) is 13.9. The SMILES string of the molecule is CSc1cc(C)[nH]c(=O)c1CNC(=O)c1cc(Cl)c2c(c1C)OC(C)(C1CCC(N3CC(N4CCCCC4)C3)CC1)O2. The van der Waals surface area contributed by atoms with Gasteiger partial charge in [0, 0.05) is 71.8 Å². The molecule has 1 aromatic carbocycles. The number of pyridine rings is 1. The van der Waals surface area contributed by atoms with Crippen molar-refractivity contribution in [3.05, 3.63) is 49.9 Å². The molecule has 1 aliphatic carbocycles. The number of rotatable bonds is 7. The quantitative estimate of drug-likeness (QED) is 0.398. The number of likely N-dealkylation sites (tertiary alicyclic amines) is 2. The summed E-state index contributed by atoms with van der Waals surface area (Å²) in [6, 6.07) is 4.95. The van der Waals surface area contributed by atoms with E-state index < -0.39 is 5.79 Å². The summed E-state index contributed by atoms with van der Waals surface area (Å²) in [4.78, 5) is 34.9. The van der Waals surface area contributed by atoms with E-state index in [0.29, 0.717) is 39.3 Å². The number of amides is 1. The lowest BCUT2D eigenvalue weighted by molar-refractivity contribution is -0.127. The second-order valence-electron chi connectivity index (χ2n) is 12.6. The minimum atomic E-state index is -0.815. The Kier molecular flexibility index (Phi) is 8.57. The Labute approximate surface area is 257 Å². The molecule has 0 spiro atoms. The lowest BCUT2D eigenvalue weighted by Crippen LogP contribution is -2.63. The zero-order chi connectivity index (χ0) is 29.6. The number of ether oxygens (including phenoxy) is 2. The first kappa shape index (κ1) is 29.9. The molecule has 0 bridgehead atoms. The van der Waals surface area contributed by atoms with E-state index in [1.807, 2.05) is 33.1 Å². The molecule has 8 nitrogen and oxygen atoms in total. The van der Waals surface area contributed by atoms with Crippen LogP contribution in [0.15, 0.2) is 21.8 Å². The molecule has 1 saturated carbocycles. The molecule has 2 N–H and O–H groups in total. The molecule has 2 saturated heterocycles. The lowest BCUT2D eigenvalue weighted by Gasteiger charge is -2.51. The predicted octanol–water partition coefficient (Wildman–Crippen LogP) is 5.51. The van der Waals surface area contributed by atoms with Crippen molar-refractivity contribution in [3.8, 4) is 11.5 Å². The van der Waals surface area contributed by atoms with Gasteiger partial charge in [0.05, 0.1) is 5.02 Å². The van der Waals surface area contributed by atoms with Crippen LogP contribution in [-0.4, -0.2) is 71.0 Å². The highest BCUT2D eigenvalue weighted by Crippen LogP contribution is 2.52. The van der Waals surface area contributed by atoms with E-state index in [2.05, 4.69) is 20.1 Å². The normalized spacial score (nSPS) is 26.7. The van der Waals surface area contributed by atoms with E-state index in [4.69, 9.17) is 21.1 Å². The third-order valence-electron chi connectivity index (χ3n) is 9.92. The summed E-state index contributed by atoms with van der Waals surface area (Å²) in [5.74, 6) is 0.181. The van der Waals surface area contributed by atoms with Crippen molar-refractivity contribution in [2.45, 2.75) is 95.0 Å². The van der Waals surface area contributed by atoms with Gasteiger partial charge in [-0.05, 0) is 83.9 Å². The number of benzene rings is 1. The first-order valence-electron chi connectivity index (χ1n) is 15.4. The van der Waals surface area contributed by atoms with Crippen molar-refractivity contribution in [3.63, 3.8) is 0 Å². The third-order valence-corrected chi connectivity index (χ3v) is 11.0. The van der Waals surface area contributed by atoms with Crippen LogP contribution in [0.2, 0.25) is 5.02 Å². The zero-order valence-electron chi connectivity index (χ0n) is 25.2. The number of aromatic nitrogens is 1. The summed E-state index contributed by atoms with van der Waals surface area (Å²) in [7, 11) is 0. The maximum Gasteiger partial charge on any atom is 0.254 e. The Bertz CT molecular complexity index is 1400. The second kappa shape index (κ2) is 12.1. The molecule has 4 aliphatic rings. The molecule has 228 valence electrons. The van der Waals surface area contributed by atoms with E-state index in [0.717, 1.165) is 42.3 Å². The molecule has 6 rings (SSSR count). The summed E-state index contributed by atoms with van der Waals surface area (Å²) in [5.41, 5.74) is 2.24. The number of aryl methyl sites for hydroxylation is 1. The van der Waals surface area contributed by atoms with Gasteiger partial charge in [0.1, 0.15) is 0 Å². The van der Waals surface area contributed by atoms with Gasteiger partial charge in [0.2, 0.25) is 0 Å². The van der Waals surface area contributed by atoms with Crippen LogP contribution in [0.1, 0.15) is 79.0 Å². The number of carbonyl (C=O) groups excluding carboxylic acids is 1. The van der Waals surface area contributed by atoms with Crippen LogP contribution in [-0.2, 0) is 6.54 Å². The molecule has 0 radical (unpaired) electrons. The van der Waals surface area contributed by atoms with Gasteiger partial charge in [0.25, 0.3) is 17.3 Å². The Morgan fingerprint density at radius 3 is 2.43 bits per heavy atom. The van der Waals surface area contributed by atoms with Gasteiger partial charge < -0.3 is 19.8 Å². The molecule has 3 fully saturated rings. The van der Waals surface area contributed by atoms with Crippen LogP contribution in [0.5, 0.6) is 11.5 Å². The fourth-order valence-corrected chi connectivity index (χ4v) is 8.25. The molecular weight excluding hydrogens is 572 g/mol. The number of carbonyl (C=O) groups is 1. The number of aromatic amines is 1. The highest BCUT2D eigenvalue weighted by Gasteiger charge is 2.48. The van der Waals surface area contributed by atoms with Crippen molar-refractivity contribution in [1.82, 2.24) is 20.1 Å². The van der Waals surface area contributed by atoms with Crippen molar-refractivity contribution in [1.29, 1.82) is 0 Å². The molecular formula is C32H43ClN4O4S. The van der Waals surface area contributed by atoms with E-state index in [1.165, 1.54) is 57.2 Å². The van der Waals surface area contributed by atoms with Crippen LogP contribution >= 0.6 is 23.4 Å². The highest BCUT2D eigenvalue weighted by atomic mass is 35.5. The maximum atomic E-state index is 13.3. The van der Waals surface area contributed by atoms with Crippen LogP contribution in [0.4, 0.5) is 0 Å². The molecule has 4 heterocycles. The van der Waals surface area contributed by atoms with Crippen molar-refractivity contribution < 1.29 is 14.3 Å². The largest absolute Gasteiger partial charge is 0.448 e. The molecule has 3 aliphatic heterocycles.